The maximum Gasteiger partial charge on any atom is 0.237 e. The lowest BCUT2D eigenvalue weighted by molar-refractivity contribution is -0.205. The van der Waals surface area contributed by atoms with Crippen molar-refractivity contribution in [1.29, 1.82) is 0 Å². The molecule has 2 aliphatic rings. The summed E-state index contributed by atoms with van der Waals surface area (Å²) in [6.45, 7) is 4.74. The van der Waals surface area contributed by atoms with Crippen LogP contribution in [0.4, 0.5) is 0 Å². The van der Waals surface area contributed by atoms with Gasteiger partial charge in [0.15, 0.2) is 0 Å². The van der Waals surface area contributed by atoms with Crippen molar-refractivity contribution >= 4 is 29.3 Å². The van der Waals surface area contributed by atoms with E-state index in [0.29, 0.717) is 5.92 Å². The number of ether oxygens (including phenoxy) is 1. The number of likely N-dealkylation sites (tertiary alicyclic amines) is 1. The average molecular weight is 425 g/mol. The number of likely N-dealkylation sites (N-methyl/N-ethyl adjacent to an activating group) is 1. The molecule has 27 heavy (non-hydrogen) atoms. The number of aliphatic hydroxyl groups excluding tert-OH is 3. The molecule has 0 saturated carbocycles. The molecule has 4 N–H and O–H groups in total. The third kappa shape index (κ3) is 5.29. The van der Waals surface area contributed by atoms with Gasteiger partial charge in [-0.1, -0.05) is 13.3 Å². The fraction of sp³-hybridized carbons (Fsp3) is 0.944. The van der Waals surface area contributed by atoms with Crippen molar-refractivity contribution in [2.75, 3.05) is 19.8 Å². The summed E-state index contributed by atoms with van der Waals surface area (Å²) in [5.41, 5.74) is -0.702. The Morgan fingerprint density at radius 3 is 2.56 bits per heavy atom. The summed E-state index contributed by atoms with van der Waals surface area (Å²) in [5.74, 6) is 0.350. The van der Waals surface area contributed by atoms with E-state index in [1.54, 1.807) is 13.2 Å². The number of rotatable bonds is 7. The minimum absolute atomic E-state index is 0.147. The molecule has 0 aliphatic carbocycles. The fourth-order valence-electron chi connectivity index (χ4n) is 4.11. The Morgan fingerprint density at radius 1 is 1.33 bits per heavy atom. The molecule has 2 saturated heterocycles. The highest BCUT2D eigenvalue weighted by Crippen LogP contribution is 2.31. The van der Waals surface area contributed by atoms with Crippen LogP contribution in [0.1, 0.15) is 33.1 Å². The molecule has 2 fully saturated rings. The highest BCUT2D eigenvalue weighted by molar-refractivity contribution is 7.99. The predicted octanol–water partition coefficient (Wildman–Crippen LogP) is 0.390. The molecule has 9 atom stereocenters. The number of aliphatic hydroxyl groups is 3. The first-order valence-corrected chi connectivity index (χ1v) is 11.3. The molecule has 3 unspecified atom stereocenters. The highest BCUT2D eigenvalue weighted by atomic mass is 35.5. The first kappa shape index (κ1) is 23.2. The SMILES string of the molecule is CCC[C@@H]1C[C@@H](C(=O)NC(C(C)Cl)C2O[C@H](SC)[C@@H](O)[C@@H](O)[C@H]2O)N(C)C1. The number of nitrogens with one attached hydrogen (secondary N) is 1. The van der Waals surface area contributed by atoms with E-state index >= 15 is 0 Å². The monoisotopic (exact) mass is 424 g/mol. The van der Waals surface area contributed by atoms with Crippen LogP contribution in [0.25, 0.3) is 0 Å². The lowest BCUT2D eigenvalue weighted by atomic mass is 9.92. The smallest absolute Gasteiger partial charge is 0.237 e. The lowest BCUT2D eigenvalue weighted by Gasteiger charge is -2.44. The summed E-state index contributed by atoms with van der Waals surface area (Å²) in [5, 5.41) is 33.0. The molecule has 0 aromatic carbocycles. The number of carbonyl (C=O) groups is 1. The summed E-state index contributed by atoms with van der Waals surface area (Å²) in [6, 6.07) is -0.934. The van der Waals surface area contributed by atoms with E-state index in [0.717, 1.165) is 25.8 Å². The minimum atomic E-state index is -1.36. The van der Waals surface area contributed by atoms with E-state index in [4.69, 9.17) is 16.3 Å². The molecule has 158 valence electrons. The predicted molar refractivity (Wildman–Crippen MR) is 107 cm³/mol. The van der Waals surface area contributed by atoms with Crippen molar-refractivity contribution in [3.05, 3.63) is 0 Å². The van der Waals surface area contributed by atoms with Crippen molar-refractivity contribution in [3.8, 4) is 0 Å². The molecule has 0 bridgehead atoms. The van der Waals surface area contributed by atoms with Crippen LogP contribution in [-0.2, 0) is 9.53 Å². The van der Waals surface area contributed by atoms with Crippen molar-refractivity contribution in [1.82, 2.24) is 10.2 Å². The van der Waals surface area contributed by atoms with E-state index in [2.05, 4.69) is 12.2 Å². The summed E-state index contributed by atoms with van der Waals surface area (Å²) in [4.78, 5) is 14.9. The first-order chi connectivity index (χ1) is 12.7. The van der Waals surface area contributed by atoms with Gasteiger partial charge in [-0.25, -0.2) is 0 Å². The van der Waals surface area contributed by atoms with Gasteiger partial charge in [-0.15, -0.1) is 23.4 Å². The summed E-state index contributed by atoms with van der Waals surface area (Å²) in [6.07, 6.45) is -0.0980. The Kier molecular flexibility index (Phi) is 8.67. The lowest BCUT2D eigenvalue weighted by Crippen LogP contribution is -2.65. The van der Waals surface area contributed by atoms with Gasteiger partial charge in [0.2, 0.25) is 5.91 Å². The normalized spacial score (nSPS) is 39.9. The topological polar surface area (TPSA) is 102 Å². The van der Waals surface area contributed by atoms with Gasteiger partial charge in [-0.3, -0.25) is 9.69 Å². The number of halogens is 1. The molecule has 1 amide bonds. The molecule has 0 aromatic heterocycles. The zero-order valence-corrected chi connectivity index (χ0v) is 18.0. The van der Waals surface area contributed by atoms with E-state index in [1.165, 1.54) is 11.8 Å². The van der Waals surface area contributed by atoms with Crippen LogP contribution in [0, 0.1) is 5.92 Å². The van der Waals surface area contributed by atoms with Crippen molar-refractivity contribution in [3.63, 3.8) is 0 Å². The molecule has 7 nitrogen and oxygen atoms in total. The Balaban J connectivity index is 2.09. The van der Waals surface area contributed by atoms with Gasteiger partial charge in [0.1, 0.15) is 29.9 Å². The molecule has 0 spiro atoms. The third-order valence-corrected chi connectivity index (χ3v) is 6.76. The highest BCUT2D eigenvalue weighted by Gasteiger charge is 2.48. The Labute approximate surface area is 170 Å². The van der Waals surface area contributed by atoms with Crippen molar-refractivity contribution in [2.24, 2.45) is 5.92 Å². The molecular formula is C18H33ClN2O5S. The number of nitrogens with zero attached hydrogens (tertiary/aromatic N) is 1. The van der Waals surface area contributed by atoms with Gasteiger partial charge >= 0.3 is 0 Å². The molecule has 0 radical (unpaired) electrons. The van der Waals surface area contributed by atoms with E-state index < -0.39 is 41.3 Å². The number of thioether (sulfide) groups is 1. The minimum Gasteiger partial charge on any atom is -0.388 e. The second-order valence-electron chi connectivity index (χ2n) is 7.73. The summed E-state index contributed by atoms with van der Waals surface area (Å²) in [7, 11) is 1.94. The largest absolute Gasteiger partial charge is 0.388 e. The first-order valence-electron chi connectivity index (χ1n) is 9.58. The maximum atomic E-state index is 12.9. The average Bonchev–Trinajstić information content (AvgIpc) is 2.99. The Hall–Kier alpha value is -0.0900. The van der Waals surface area contributed by atoms with E-state index in [-0.39, 0.29) is 11.9 Å². The number of amides is 1. The van der Waals surface area contributed by atoms with Crippen LogP contribution in [0.2, 0.25) is 0 Å². The second-order valence-corrected chi connectivity index (χ2v) is 9.36. The molecule has 9 heteroatoms. The Morgan fingerprint density at radius 2 is 2.00 bits per heavy atom. The van der Waals surface area contributed by atoms with Gasteiger partial charge in [-0.2, -0.15) is 0 Å². The Bertz CT molecular complexity index is 498. The van der Waals surface area contributed by atoms with Crippen LogP contribution < -0.4 is 5.32 Å². The van der Waals surface area contributed by atoms with Gasteiger partial charge in [0.25, 0.3) is 0 Å². The van der Waals surface area contributed by atoms with Crippen LogP contribution in [-0.4, -0.2) is 93.3 Å². The summed E-state index contributed by atoms with van der Waals surface area (Å²) >= 11 is 7.55. The zero-order chi connectivity index (χ0) is 20.3. The molecule has 2 rings (SSSR count). The van der Waals surface area contributed by atoms with Crippen LogP contribution in [0.3, 0.4) is 0 Å². The van der Waals surface area contributed by atoms with Gasteiger partial charge in [0.05, 0.1) is 17.5 Å². The van der Waals surface area contributed by atoms with Gasteiger partial charge in [-0.05, 0) is 39.0 Å². The molecule has 0 aromatic rings. The summed E-state index contributed by atoms with van der Waals surface area (Å²) < 4.78 is 5.79. The van der Waals surface area contributed by atoms with Gasteiger partial charge < -0.3 is 25.4 Å². The number of hydrogen-bond donors (Lipinski definition) is 4. The zero-order valence-electron chi connectivity index (χ0n) is 16.4. The number of hydrogen-bond acceptors (Lipinski definition) is 7. The van der Waals surface area contributed by atoms with E-state index in [1.807, 2.05) is 11.9 Å². The fourth-order valence-corrected chi connectivity index (χ4v) is 5.00. The quantitative estimate of drug-likeness (QED) is 0.438. The third-order valence-electron chi connectivity index (χ3n) is 5.63. The molecular weight excluding hydrogens is 392 g/mol. The van der Waals surface area contributed by atoms with Gasteiger partial charge in [0, 0.05) is 6.54 Å². The van der Waals surface area contributed by atoms with Crippen molar-refractivity contribution < 1.29 is 24.9 Å². The van der Waals surface area contributed by atoms with Crippen LogP contribution in [0.15, 0.2) is 0 Å². The number of alkyl halides is 1. The van der Waals surface area contributed by atoms with Crippen molar-refractivity contribution in [2.45, 2.75) is 80.4 Å². The van der Waals surface area contributed by atoms with Crippen LogP contribution >= 0.6 is 23.4 Å². The molecule has 2 aliphatic heterocycles. The van der Waals surface area contributed by atoms with E-state index in [9.17, 15) is 20.1 Å². The number of carbonyl (C=O) groups excluding carboxylic acids is 1. The second kappa shape index (κ2) is 10.1. The van der Waals surface area contributed by atoms with Crippen LogP contribution in [0.5, 0.6) is 0 Å². The maximum absolute atomic E-state index is 12.9. The standard InChI is InChI=1S/C18H33ClN2O5S/c1-5-6-10-7-11(21(3)8-10)17(25)20-12(9(2)19)16-14(23)13(22)15(24)18(26-16)27-4/h9-16,18,22-24H,5-8H2,1-4H3,(H,20,25)/t9?,10-,11+,12?,13+,14-,15+,16?,18-/m1/s1. The molecule has 2 heterocycles.